The van der Waals surface area contributed by atoms with Gasteiger partial charge in [-0.25, -0.2) is 4.39 Å². The molecule has 0 aliphatic carbocycles. The third-order valence-electron chi connectivity index (χ3n) is 2.48. The average Bonchev–Trinajstić information content (AvgIpc) is 2.91. The Kier molecular flexibility index (Phi) is 8.38. The van der Waals surface area contributed by atoms with Crippen molar-refractivity contribution in [3.63, 3.8) is 0 Å². The second-order valence-corrected chi connectivity index (χ2v) is 3.45. The number of aromatic nitrogens is 1. The maximum atomic E-state index is 13.1. The molecule has 0 radical (unpaired) electrons. The second kappa shape index (κ2) is 8.97. The van der Waals surface area contributed by atoms with Crippen molar-refractivity contribution in [3.8, 4) is 0 Å². The third-order valence-corrected chi connectivity index (χ3v) is 2.48. The van der Waals surface area contributed by atoms with Crippen LogP contribution in [0.2, 0.25) is 0 Å². The van der Waals surface area contributed by atoms with E-state index in [1.807, 2.05) is 27.7 Å². The molecule has 1 aromatic heterocycles. The normalized spacial score (nSPS) is 13.4. The van der Waals surface area contributed by atoms with Crippen LogP contribution in [0.15, 0.2) is 12.3 Å². The van der Waals surface area contributed by atoms with Crippen LogP contribution < -0.4 is 4.90 Å². The number of pyridine rings is 1. The van der Waals surface area contributed by atoms with E-state index >= 15 is 0 Å². The average molecular weight is 240 g/mol. The van der Waals surface area contributed by atoms with E-state index < -0.39 is 0 Å². The Balaban J connectivity index is 0.000000581. The van der Waals surface area contributed by atoms with Gasteiger partial charge in [-0.1, -0.05) is 27.7 Å². The number of anilines is 1. The Morgan fingerprint density at radius 3 is 2.12 bits per heavy atom. The Labute approximate surface area is 105 Å². The third kappa shape index (κ3) is 4.72. The monoisotopic (exact) mass is 240 g/mol. The van der Waals surface area contributed by atoms with Crippen molar-refractivity contribution in [2.45, 2.75) is 47.5 Å². The number of nitrogens with zero attached hydrogens (tertiary/aromatic N) is 2. The SMILES string of the molecule is CC.CC.Cc1ncc(N2CCCC2)cc1F. The molecule has 0 aromatic carbocycles. The van der Waals surface area contributed by atoms with E-state index in [1.54, 1.807) is 19.2 Å². The van der Waals surface area contributed by atoms with Gasteiger partial charge in [0.05, 0.1) is 17.6 Å². The van der Waals surface area contributed by atoms with E-state index in [4.69, 9.17) is 0 Å². The lowest BCUT2D eigenvalue weighted by atomic mass is 10.3. The molecule has 1 saturated heterocycles. The van der Waals surface area contributed by atoms with Crippen LogP contribution in [-0.2, 0) is 0 Å². The summed E-state index contributed by atoms with van der Waals surface area (Å²) < 4.78 is 13.1. The van der Waals surface area contributed by atoms with E-state index in [2.05, 4.69) is 9.88 Å². The van der Waals surface area contributed by atoms with Crippen molar-refractivity contribution in [2.75, 3.05) is 18.0 Å². The molecule has 98 valence electrons. The molecule has 1 aliphatic rings. The highest BCUT2D eigenvalue weighted by molar-refractivity contribution is 5.45. The molecular formula is C14H25FN2. The van der Waals surface area contributed by atoms with Crippen molar-refractivity contribution in [2.24, 2.45) is 0 Å². The van der Waals surface area contributed by atoms with Crippen LogP contribution in [-0.4, -0.2) is 18.1 Å². The van der Waals surface area contributed by atoms with Crippen LogP contribution in [0.5, 0.6) is 0 Å². The van der Waals surface area contributed by atoms with Gasteiger partial charge in [0, 0.05) is 19.2 Å². The van der Waals surface area contributed by atoms with Crippen LogP contribution in [0, 0.1) is 12.7 Å². The van der Waals surface area contributed by atoms with Crippen LogP contribution in [0.25, 0.3) is 0 Å². The summed E-state index contributed by atoms with van der Waals surface area (Å²) in [7, 11) is 0. The lowest BCUT2D eigenvalue weighted by molar-refractivity contribution is 0.609. The van der Waals surface area contributed by atoms with Crippen LogP contribution in [0.3, 0.4) is 0 Å². The molecule has 1 fully saturated rings. The van der Waals surface area contributed by atoms with E-state index in [0.29, 0.717) is 5.69 Å². The van der Waals surface area contributed by atoms with Gasteiger partial charge >= 0.3 is 0 Å². The van der Waals surface area contributed by atoms with Crippen molar-refractivity contribution in [3.05, 3.63) is 23.8 Å². The molecule has 3 heteroatoms. The van der Waals surface area contributed by atoms with E-state index in [0.717, 1.165) is 18.8 Å². The second-order valence-electron chi connectivity index (χ2n) is 3.45. The van der Waals surface area contributed by atoms with Gasteiger partial charge in [-0.3, -0.25) is 4.98 Å². The summed E-state index contributed by atoms with van der Waals surface area (Å²) in [5, 5.41) is 0. The lowest BCUT2D eigenvalue weighted by Crippen LogP contribution is -2.18. The van der Waals surface area contributed by atoms with Gasteiger partial charge in [0.1, 0.15) is 5.82 Å². The molecule has 1 aliphatic heterocycles. The predicted octanol–water partition coefficient (Wildman–Crippen LogP) is 4.18. The molecule has 0 unspecified atom stereocenters. The Bertz CT molecular complexity index is 307. The first-order chi connectivity index (χ1) is 8.27. The van der Waals surface area contributed by atoms with Gasteiger partial charge in [0.2, 0.25) is 0 Å². The summed E-state index contributed by atoms with van der Waals surface area (Å²) in [5.74, 6) is -0.204. The molecule has 2 heterocycles. The smallest absolute Gasteiger partial charge is 0.146 e. The zero-order valence-corrected chi connectivity index (χ0v) is 11.8. The Hall–Kier alpha value is -1.12. The molecule has 0 atom stereocenters. The number of hydrogen-bond donors (Lipinski definition) is 0. The first kappa shape index (κ1) is 15.9. The van der Waals surface area contributed by atoms with E-state index in [-0.39, 0.29) is 5.82 Å². The molecule has 0 spiro atoms. The summed E-state index contributed by atoms with van der Waals surface area (Å²) >= 11 is 0. The van der Waals surface area contributed by atoms with Gasteiger partial charge in [0.25, 0.3) is 0 Å². The summed E-state index contributed by atoms with van der Waals surface area (Å²) in [4.78, 5) is 6.18. The number of hydrogen-bond acceptors (Lipinski definition) is 2. The minimum atomic E-state index is -0.204. The highest BCUT2D eigenvalue weighted by Crippen LogP contribution is 2.20. The number of aryl methyl sites for hydroxylation is 1. The fourth-order valence-electron chi connectivity index (χ4n) is 1.64. The topological polar surface area (TPSA) is 16.1 Å². The minimum Gasteiger partial charge on any atom is -0.370 e. The van der Waals surface area contributed by atoms with Crippen molar-refractivity contribution in [1.29, 1.82) is 0 Å². The molecule has 0 bridgehead atoms. The van der Waals surface area contributed by atoms with Crippen molar-refractivity contribution < 1.29 is 4.39 Å². The summed E-state index contributed by atoms with van der Waals surface area (Å²) in [6.07, 6.45) is 4.16. The van der Waals surface area contributed by atoms with Crippen molar-refractivity contribution >= 4 is 5.69 Å². The van der Waals surface area contributed by atoms with Gasteiger partial charge in [0.15, 0.2) is 0 Å². The summed E-state index contributed by atoms with van der Waals surface area (Å²) in [6.45, 7) is 11.7. The van der Waals surface area contributed by atoms with E-state index in [1.165, 1.54) is 12.8 Å². The molecule has 17 heavy (non-hydrogen) atoms. The fraction of sp³-hybridized carbons (Fsp3) is 0.643. The van der Waals surface area contributed by atoms with Crippen molar-refractivity contribution in [1.82, 2.24) is 4.98 Å². The quantitative estimate of drug-likeness (QED) is 0.732. The number of halogens is 1. The molecule has 0 amide bonds. The Morgan fingerprint density at radius 2 is 1.65 bits per heavy atom. The van der Waals surface area contributed by atoms with Gasteiger partial charge in [-0.15, -0.1) is 0 Å². The molecular weight excluding hydrogens is 215 g/mol. The predicted molar refractivity (Wildman–Crippen MR) is 73.1 cm³/mol. The highest BCUT2D eigenvalue weighted by Gasteiger charge is 2.13. The molecule has 2 nitrogen and oxygen atoms in total. The minimum absolute atomic E-state index is 0.204. The van der Waals surface area contributed by atoms with Crippen LogP contribution in [0.4, 0.5) is 10.1 Å². The standard InChI is InChI=1S/C10H13FN2.2C2H6/c1-8-10(11)6-9(7-12-8)13-4-2-3-5-13;2*1-2/h6-7H,2-5H2,1H3;2*1-2H3. The van der Waals surface area contributed by atoms with E-state index in [9.17, 15) is 4.39 Å². The molecule has 2 rings (SSSR count). The zero-order valence-electron chi connectivity index (χ0n) is 11.8. The fourth-order valence-corrected chi connectivity index (χ4v) is 1.64. The van der Waals surface area contributed by atoms with Crippen LogP contribution >= 0.6 is 0 Å². The first-order valence-electron chi connectivity index (χ1n) is 6.64. The zero-order chi connectivity index (χ0) is 13.3. The summed E-state index contributed by atoms with van der Waals surface area (Å²) in [6, 6.07) is 1.58. The largest absolute Gasteiger partial charge is 0.370 e. The molecule has 0 saturated carbocycles. The Morgan fingerprint density at radius 1 is 1.12 bits per heavy atom. The maximum Gasteiger partial charge on any atom is 0.146 e. The van der Waals surface area contributed by atoms with Gasteiger partial charge < -0.3 is 4.90 Å². The maximum absolute atomic E-state index is 13.1. The van der Waals surface area contributed by atoms with Gasteiger partial charge in [-0.2, -0.15) is 0 Å². The summed E-state index contributed by atoms with van der Waals surface area (Å²) in [5.41, 5.74) is 1.39. The van der Waals surface area contributed by atoms with Gasteiger partial charge in [-0.05, 0) is 19.8 Å². The number of rotatable bonds is 1. The lowest BCUT2D eigenvalue weighted by Gasteiger charge is -2.16. The molecule has 0 N–H and O–H groups in total. The first-order valence-corrected chi connectivity index (χ1v) is 6.64. The van der Waals surface area contributed by atoms with Crippen LogP contribution in [0.1, 0.15) is 46.2 Å². The highest BCUT2D eigenvalue weighted by atomic mass is 19.1. The molecule has 1 aromatic rings.